The van der Waals surface area contributed by atoms with Gasteiger partial charge in [-0.3, -0.25) is 9.69 Å². The molecule has 0 saturated carbocycles. The molecule has 3 aromatic rings. The molecule has 1 aromatic heterocycles. The van der Waals surface area contributed by atoms with E-state index in [4.69, 9.17) is 22.1 Å². The lowest BCUT2D eigenvalue weighted by Gasteiger charge is -2.34. The van der Waals surface area contributed by atoms with Gasteiger partial charge < -0.3 is 4.74 Å². The second kappa shape index (κ2) is 14.1. The van der Waals surface area contributed by atoms with Crippen LogP contribution in [0.4, 0.5) is 0 Å². The summed E-state index contributed by atoms with van der Waals surface area (Å²) >= 11 is 6.97. The van der Waals surface area contributed by atoms with Crippen LogP contribution in [-0.4, -0.2) is 69.5 Å². The number of amides is 1. The van der Waals surface area contributed by atoms with E-state index in [1.54, 1.807) is 27.8 Å². The first kappa shape index (κ1) is 32.6. The van der Waals surface area contributed by atoms with Gasteiger partial charge in [-0.05, 0) is 56.5 Å². The van der Waals surface area contributed by atoms with Gasteiger partial charge in [-0.15, -0.1) is 0 Å². The smallest absolute Gasteiger partial charge is 0.266 e. The fraction of sp³-hybridized carbons (Fsp3) is 0.424. The molecule has 0 spiro atoms. The van der Waals surface area contributed by atoms with Crippen molar-refractivity contribution < 1.29 is 17.9 Å². The molecule has 2 fully saturated rings. The third kappa shape index (κ3) is 7.18. The van der Waals surface area contributed by atoms with Crippen LogP contribution in [0.1, 0.15) is 58.9 Å². The molecule has 44 heavy (non-hydrogen) atoms. The minimum atomic E-state index is -3.76. The average molecular weight is 653 g/mol. The highest BCUT2D eigenvalue weighted by molar-refractivity contribution is 8.26. The van der Waals surface area contributed by atoms with Crippen LogP contribution in [0.5, 0.6) is 0 Å². The van der Waals surface area contributed by atoms with Crippen molar-refractivity contribution in [2.75, 3.05) is 19.6 Å². The SMILES string of the molecule is CCCCC(CC)CN1C(=O)C(=Cc2cn(-c3ccccc3)nc2-c2cccc(S(=O)(=O)N3CC(C)OC(C)C3)c2)SC1=S. The molecule has 0 bridgehead atoms. The number of aromatic nitrogens is 2. The van der Waals surface area contributed by atoms with Gasteiger partial charge in [0.2, 0.25) is 10.0 Å². The zero-order valence-corrected chi connectivity index (χ0v) is 28.1. The third-order valence-corrected chi connectivity index (χ3v) is 11.2. The van der Waals surface area contributed by atoms with Gasteiger partial charge in [0, 0.05) is 37.0 Å². The molecule has 5 rings (SSSR count). The number of hydrogen-bond acceptors (Lipinski definition) is 7. The summed E-state index contributed by atoms with van der Waals surface area (Å²) < 4.78 is 37.0. The zero-order chi connectivity index (χ0) is 31.4. The van der Waals surface area contributed by atoms with Crippen LogP contribution in [0.2, 0.25) is 0 Å². The van der Waals surface area contributed by atoms with Crippen molar-refractivity contribution in [1.29, 1.82) is 0 Å². The maximum Gasteiger partial charge on any atom is 0.266 e. The van der Waals surface area contributed by atoms with Crippen LogP contribution in [0.25, 0.3) is 23.0 Å². The molecule has 3 atom stereocenters. The molecule has 3 heterocycles. The molecule has 2 aliphatic rings. The number of morpholine rings is 1. The molecule has 11 heteroatoms. The molecule has 2 aromatic carbocycles. The number of unbranched alkanes of at least 4 members (excludes halogenated alkanes) is 1. The molecular weight excluding hydrogens is 613 g/mol. The first-order valence-corrected chi connectivity index (χ1v) is 17.9. The summed E-state index contributed by atoms with van der Waals surface area (Å²) in [5, 5.41) is 4.89. The molecule has 0 radical (unpaired) electrons. The summed E-state index contributed by atoms with van der Waals surface area (Å²) in [7, 11) is -3.76. The Morgan fingerprint density at radius 2 is 1.82 bits per heavy atom. The van der Waals surface area contributed by atoms with Gasteiger partial charge in [-0.1, -0.05) is 87.4 Å². The number of carbonyl (C=O) groups excluding carboxylic acids is 1. The second-order valence-corrected chi connectivity index (χ2v) is 15.1. The number of thioether (sulfide) groups is 1. The highest BCUT2D eigenvalue weighted by Crippen LogP contribution is 2.36. The number of sulfonamides is 1. The maximum atomic E-state index is 13.7. The van der Waals surface area contributed by atoms with Crippen LogP contribution in [-0.2, 0) is 19.6 Å². The minimum absolute atomic E-state index is 0.0970. The van der Waals surface area contributed by atoms with E-state index in [9.17, 15) is 13.2 Å². The van der Waals surface area contributed by atoms with Crippen LogP contribution < -0.4 is 0 Å². The molecule has 3 unspecified atom stereocenters. The highest BCUT2D eigenvalue weighted by atomic mass is 32.2. The summed E-state index contributed by atoms with van der Waals surface area (Å²) in [6.07, 6.45) is 7.63. The number of nitrogens with zero attached hydrogens (tertiary/aromatic N) is 4. The average Bonchev–Trinajstić information content (AvgIpc) is 3.55. The lowest BCUT2D eigenvalue weighted by atomic mass is 9.99. The van der Waals surface area contributed by atoms with Crippen molar-refractivity contribution in [3.63, 3.8) is 0 Å². The number of thiocarbonyl (C=S) groups is 1. The summed E-state index contributed by atoms with van der Waals surface area (Å²) in [4.78, 5) is 16.1. The molecule has 1 amide bonds. The molecular formula is C33H40N4O4S3. The minimum Gasteiger partial charge on any atom is -0.373 e. The Balaban J connectivity index is 1.51. The Morgan fingerprint density at radius 3 is 2.50 bits per heavy atom. The standard InChI is InChI=1S/C33H40N4O4S3/c1-5-7-12-25(6-2)21-36-32(38)30(43-33(36)42)18-27-22-37(28-14-9-8-10-15-28)34-31(27)26-13-11-16-29(17-26)44(39,40)35-19-23(3)41-24(4)20-35/h8-11,13-18,22-25H,5-7,12,19-21H2,1-4H3. The Kier molecular flexibility index (Phi) is 10.4. The van der Waals surface area contributed by atoms with Crippen LogP contribution in [0.3, 0.4) is 0 Å². The number of ether oxygens (including phenoxy) is 1. The van der Waals surface area contributed by atoms with Crippen molar-refractivity contribution >= 4 is 50.3 Å². The van der Waals surface area contributed by atoms with E-state index in [0.29, 0.717) is 51.6 Å². The summed E-state index contributed by atoms with van der Waals surface area (Å²) in [6, 6.07) is 16.6. The second-order valence-electron chi connectivity index (χ2n) is 11.5. The predicted octanol–water partition coefficient (Wildman–Crippen LogP) is 6.75. The lowest BCUT2D eigenvalue weighted by molar-refractivity contribution is -0.122. The largest absolute Gasteiger partial charge is 0.373 e. The summed E-state index contributed by atoms with van der Waals surface area (Å²) in [6.45, 7) is 9.31. The molecule has 234 valence electrons. The van der Waals surface area contributed by atoms with Crippen molar-refractivity contribution in [1.82, 2.24) is 19.0 Å². The number of hydrogen-bond donors (Lipinski definition) is 0. The van der Waals surface area contributed by atoms with Crippen LogP contribution >= 0.6 is 24.0 Å². The quantitative estimate of drug-likeness (QED) is 0.167. The molecule has 8 nitrogen and oxygen atoms in total. The van der Waals surface area contributed by atoms with Gasteiger partial charge >= 0.3 is 0 Å². The van der Waals surface area contributed by atoms with E-state index in [2.05, 4.69) is 13.8 Å². The van der Waals surface area contributed by atoms with E-state index in [-0.39, 0.29) is 23.0 Å². The fourth-order valence-electron chi connectivity index (χ4n) is 5.68. The number of para-hydroxylation sites is 1. The monoisotopic (exact) mass is 652 g/mol. The van der Waals surface area contributed by atoms with E-state index in [1.807, 2.05) is 62.5 Å². The Morgan fingerprint density at radius 1 is 1.09 bits per heavy atom. The van der Waals surface area contributed by atoms with Gasteiger partial charge in [-0.2, -0.15) is 9.40 Å². The predicted molar refractivity (Wildman–Crippen MR) is 181 cm³/mol. The van der Waals surface area contributed by atoms with E-state index >= 15 is 0 Å². The fourth-order valence-corrected chi connectivity index (χ4v) is 8.59. The lowest BCUT2D eigenvalue weighted by Crippen LogP contribution is -2.48. The first-order chi connectivity index (χ1) is 21.1. The Bertz CT molecular complexity index is 1630. The van der Waals surface area contributed by atoms with E-state index < -0.39 is 10.0 Å². The molecule has 0 aliphatic carbocycles. The Hall–Kier alpha value is -2.83. The molecule has 2 saturated heterocycles. The van der Waals surface area contributed by atoms with Gasteiger partial charge in [-0.25, -0.2) is 13.1 Å². The van der Waals surface area contributed by atoms with Crippen molar-refractivity contribution in [2.24, 2.45) is 5.92 Å². The summed E-state index contributed by atoms with van der Waals surface area (Å²) in [5.74, 6) is 0.301. The van der Waals surface area contributed by atoms with Gasteiger partial charge in [0.1, 0.15) is 10.0 Å². The summed E-state index contributed by atoms with van der Waals surface area (Å²) in [5.41, 5.74) is 2.77. The van der Waals surface area contributed by atoms with Crippen molar-refractivity contribution in [2.45, 2.75) is 70.5 Å². The van der Waals surface area contributed by atoms with E-state index in [0.717, 1.165) is 31.4 Å². The topological polar surface area (TPSA) is 84.7 Å². The van der Waals surface area contributed by atoms with Gasteiger partial charge in [0.25, 0.3) is 5.91 Å². The Labute approximate surface area is 270 Å². The van der Waals surface area contributed by atoms with Gasteiger partial charge in [0.05, 0.1) is 27.7 Å². The van der Waals surface area contributed by atoms with Crippen LogP contribution in [0, 0.1) is 5.92 Å². The van der Waals surface area contributed by atoms with Gasteiger partial charge in [0.15, 0.2) is 0 Å². The number of carbonyl (C=O) groups is 1. The molecule has 0 N–H and O–H groups in total. The number of rotatable bonds is 11. The highest BCUT2D eigenvalue weighted by Gasteiger charge is 2.34. The third-order valence-electron chi connectivity index (χ3n) is 8.04. The van der Waals surface area contributed by atoms with E-state index in [1.165, 1.54) is 16.1 Å². The first-order valence-electron chi connectivity index (χ1n) is 15.3. The maximum absolute atomic E-state index is 13.7. The van der Waals surface area contributed by atoms with Crippen LogP contribution in [0.15, 0.2) is 70.6 Å². The number of benzene rings is 2. The zero-order valence-electron chi connectivity index (χ0n) is 25.7. The van der Waals surface area contributed by atoms with Crippen molar-refractivity contribution in [3.05, 3.63) is 71.3 Å². The molecule has 2 aliphatic heterocycles. The normalized spacial score (nSPS) is 21.4. The van der Waals surface area contributed by atoms with Crippen molar-refractivity contribution in [3.8, 4) is 16.9 Å².